The van der Waals surface area contributed by atoms with Crippen LogP contribution in [0.4, 0.5) is 11.4 Å². The summed E-state index contributed by atoms with van der Waals surface area (Å²) in [7, 11) is 3.90. The van der Waals surface area contributed by atoms with Crippen molar-refractivity contribution in [3.63, 3.8) is 0 Å². The summed E-state index contributed by atoms with van der Waals surface area (Å²) in [5.41, 5.74) is 5.55. The van der Waals surface area contributed by atoms with Gasteiger partial charge >= 0.3 is 11.9 Å². The third kappa shape index (κ3) is 9.02. The molecule has 4 aromatic rings. The number of aromatic nitrogens is 4. The molecule has 0 spiro atoms. The molecule has 0 atom stereocenters. The first-order chi connectivity index (χ1) is 21.7. The molecule has 0 bridgehead atoms. The Balaban J connectivity index is 1.29. The average Bonchev–Trinajstić information content (AvgIpc) is 3.50. The molecule has 4 rings (SSSR count). The first-order valence-electron chi connectivity index (χ1n) is 15.3. The van der Waals surface area contributed by atoms with Gasteiger partial charge in [0.15, 0.2) is 0 Å². The number of aliphatic hydroxyl groups excluding tert-OH is 1. The number of fused-ring (bicyclic) bond motifs is 2. The largest absolute Gasteiger partial charge is 0.481 e. The fourth-order valence-electron chi connectivity index (χ4n) is 5.51. The lowest BCUT2D eigenvalue weighted by molar-refractivity contribution is -0.143. The summed E-state index contributed by atoms with van der Waals surface area (Å²) in [5, 5.41) is 18.6. The number of anilines is 2. The number of aryl methyl sites for hydroxylation is 4. The van der Waals surface area contributed by atoms with E-state index in [1.54, 1.807) is 0 Å². The number of carbonyl (C=O) groups excluding carboxylic acids is 1. The Morgan fingerprint density at radius 3 is 1.80 bits per heavy atom. The SMILES string of the molecule is Cn1c(CCCC(=O)O)nc2cc(N(CCO)CCOC(=O)CCCc3nc4cc(N(CCCl)CCCl)ccc4n3C)ccc21. The van der Waals surface area contributed by atoms with E-state index in [9.17, 15) is 14.7 Å². The van der Waals surface area contributed by atoms with Crippen molar-refractivity contribution in [3.8, 4) is 0 Å². The Kier molecular flexibility index (Phi) is 12.7. The topological polar surface area (TPSA) is 126 Å². The Morgan fingerprint density at radius 2 is 1.31 bits per heavy atom. The summed E-state index contributed by atoms with van der Waals surface area (Å²) in [5.74, 6) is 1.66. The number of carboxylic acids is 1. The molecule has 0 unspecified atom stereocenters. The molecule has 0 saturated carbocycles. The van der Waals surface area contributed by atoms with E-state index in [1.807, 2.05) is 41.8 Å². The van der Waals surface area contributed by atoms with Crippen molar-refractivity contribution in [2.75, 3.05) is 61.0 Å². The number of esters is 1. The Bertz CT molecular complexity index is 1580. The summed E-state index contributed by atoms with van der Waals surface area (Å²) in [4.78, 5) is 37.1. The summed E-state index contributed by atoms with van der Waals surface area (Å²) in [6.07, 6.45) is 2.72. The minimum atomic E-state index is -0.818. The number of benzene rings is 2. The minimum Gasteiger partial charge on any atom is -0.481 e. The van der Waals surface area contributed by atoms with Gasteiger partial charge in [0.05, 0.1) is 35.2 Å². The van der Waals surface area contributed by atoms with Gasteiger partial charge in [-0.25, -0.2) is 9.97 Å². The minimum absolute atomic E-state index is 0.0500. The van der Waals surface area contributed by atoms with Crippen LogP contribution < -0.4 is 9.80 Å². The van der Waals surface area contributed by atoms with Crippen molar-refractivity contribution >= 4 is 68.6 Å². The van der Waals surface area contributed by atoms with Crippen molar-refractivity contribution < 1.29 is 24.5 Å². The maximum Gasteiger partial charge on any atom is 0.305 e. The van der Waals surface area contributed by atoms with Crippen LogP contribution in [0.15, 0.2) is 36.4 Å². The first-order valence-corrected chi connectivity index (χ1v) is 16.3. The highest BCUT2D eigenvalue weighted by molar-refractivity contribution is 6.18. The maximum atomic E-state index is 12.6. The summed E-state index contributed by atoms with van der Waals surface area (Å²) >= 11 is 12.0. The molecule has 244 valence electrons. The lowest BCUT2D eigenvalue weighted by Crippen LogP contribution is -2.31. The van der Waals surface area contributed by atoms with Crippen molar-refractivity contribution in [2.45, 2.75) is 38.5 Å². The third-order valence-corrected chi connectivity index (χ3v) is 8.26. The molecule has 2 aromatic carbocycles. The normalized spacial score (nSPS) is 11.4. The monoisotopic (exact) mass is 660 g/mol. The van der Waals surface area contributed by atoms with Gasteiger partial charge in [-0.2, -0.15) is 0 Å². The van der Waals surface area contributed by atoms with Gasteiger partial charge in [0, 0.05) is 82.5 Å². The lowest BCUT2D eigenvalue weighted by atomic mass is 10.2. The average molecular weight is 662 g/mol. The first kappa shape index (κ1) is 34.3. The van der Waals surface area contributed by atoms with Gasteiger partial charge in [0.1, 0.15) is 18.3 Å². The van der Waals surface area contributed by atoms with Gasteiger partial charge in [-0.3, -0.25) is 9.59 Å². The van der Waals surface area contributed by atoms with Crippen molar-refractivity contribution in [3.05, 3.63) is 48.0 Å². The van der Waals surface area contributed by atoms with Crippen LogP contribution in [-0.4, -0.2) is 92.4 Å². The predicted molar refractivity (Wildman–Crippen MR) is 179 cm³/mol. The van der Waals surface area contributed by atoms with Crippen LogP contribution in [0.2, 0.25) is 0 Å². The highest BCUT2D eigenvalue weighted by Gasteiger charge is 2.15. The molecular formula is C32H42Cl2N6O5. The highest BCUT2D eigenvalue weighted by Crippen LogP contribution is 2.25. The Morgan fingerprint density at radius 1 is 0.800 bits per heavy atom. The van der Waals surface area contributed by atoms with Gasteiger partial charge in [0.2, 0.25) is 0 Å². The summed E-state index contributed by atoms with van der Waals surface area (Å²) in [6, 6.07) is 12.0. The van der Waals surface area contributed by atoms with Crippen LogP contribution in [-0.2, 0) is 41.3 Å². The van der Waals surface area contributed by atoms with Crippen LogP contribution in [0.25, 0.3) is 22.1 Å². The molecule has 0 aliphatic rings. The second-order valence-corrected chi connectivity index (χ2v) is 11.7. The van der Waals surface area contributed by atoms with Gasteiger partial charge in [-0.15, -0.1) is 23.2 Å². The number of aliphatic hydroxyl groups is 1. The van der Waals surface area contributed by atoms with E-state index in [0.717, 1.165) is 45.1 Å². The molecule has 45 heavy (non-hydrogen) atoms. The number of alkyl halides is 2. The molecule has 0 aliphatic carbocycles. The zero-order valence-electron chi connectivity index (χ0n) is 25.9. The van der Waals surface area contributed by atoms with E-state index in [1.165, 1.54) is 0 Å². The second-order valence-electron chi connectivity index (χ2n) is 10.9. The van der Waals surface area contributed by atoms with Gasteiger partial charge in [0.25, 0.3) is 0 Å². The van der Waals surface area contributed by atoms with Crippen LogP contribution in [0.3, 0.4) is 0 Å². The molecule has 13 heteroatoms. The number of carboxylic acid groups (broad SMARTS) is 1. The Hall–Kier alpha value is -3.54. The number of imidazole rings is 2. The number of ether oxygens (including phenoxy) is 1. The van der Waals surface area contributed by atoms with Gasteiger partial charge in [-0.05, 0) is 49.2 Å². The molecular weight excluding hydrogens is 619 g/mol. The molecule has 0 saturated heterocycles. The fourth-order valence-corrected chi connectivity index (χ4v) is 5.92. The molecule has 0 radical (unpaired) electrons. The number of carbonyl (C=O) groups is 2. The molecule has 2 aromatic heterocycles. The van der Waals surface area contributed by atoms with Crippen LogP contribution in [0.1, 0.15) is 37.3 Å². The molecule has 2 N–H and O–H groups in total. The van der Waals surface area contributed by atoms with E-state index in [0.29, 0.717) is 63.6 Å². The second kappa shape index (κ2) is 16.7. The van der Waals surface area contributed by atoms with Gasteiger partial charge < -0.3 is 33.9 Å². The lowest BCUT2D eigenvalue weighted by Gasteiger charge is -2.23. The fraction of sp³-hybridized carbons (Fsp3) is 0.500. The standard InChI is InChI=1S/C32H42Cl2N6O5/c1-37-28-12-10-24(22-26(28)35-29(37)5-3-7-31(42)43)40(17-19-41)18-20-45-32(44)8-4-6-30-36-25-21-23(9-11-27(25)38(30)2)39(15-13-33)16-14-34/h9-12,21-22,41H,3-8,13-20H2,1-2H3,(H,42,43). The molecule has 0 aliphatic heterocycles. The summed E-state index contributed by atoms with van der Waals surface area (Å²) < 4.78 is 9.58. The number of hydrogen-bond acceptors (Lipinski definition) is 8. The van der Waals surface area contributed by atoms with E-state index >= 15 is 0 Å². The number of halogens is 2. The number of nitrogens with zero attached hydrogens (tertiary/aromatic N) is 6. The third-order valence-electron chi connectivity index (χ3n) is 7.92. The molecule has 11 nitrogen and oxygen atoms in total. The molecule has 0 amide bonds. The van der Waals surface area contributed by atoms with E-state index in [4.69, 9.17) is 43.0 Å². The maximum absolute atomic E-state index is 12.6. The highest BCUT2D eigenvalue weighted by atomic mass is 35.5. The van der Waals surface area contributed by atoms with E-state index in [2.05, 4.69) is 27.7 Å². The molecule has 2 heterocycles. The zero-order chi connectivity index (χ0) is 32.3. The van der Waals surface area contributed by atoms with E-state index in [-0.39, 0.29) is 32.0 Å². The van der Waals surface area contributed by atoms with Crippen molar-refractivity contribution in [2.24, 2.45) is 14.1 Å². The van der Waals surface area contributed by atoms with Crippen LogP contribution in [0.5, 0.6) is 0 Å². The van der Waals surface area contributed by atoms with Gasteiger partial charge in [-0.1, -0.05) is 0 Å². The molecule has 0 fully saturated rings. The Labute approximate surface area is 273 Å². The quantitative estimate of drug-likeness (QED) is 0.110. The van der Waals surface area contributed by atoms with Crippen LogP contribution >= 0.6 is 23.2 Å². The van der Waals surface area contributed by atoms with Crippen molar-refractivity contribution in [1.82, 2.24) is 19.1 Å². The van der Waals surface area contributed by atoms with E-state index < -0.39 is 5.97 Å². The zero-order valence-corrected chi connectivity index (χ0v) is 27.4. The number of hydrogen-bond donors (Lipinski definition) is 2. The number of rotatable bonds is 19. The smallest absolute Gasteiger partial charge is 0.305 e. The number of aliphatic carboxylic acids is 1. The summed E-state index contributed by atoms with van der Waals surface area (Å²) in [6.45, 7) is 2.36. The van der Waals surface area contributed by atoms with Crippen molar-refractivity contribution in [1.29, 1.82) is 0 Å². The predicted octanol–water partition coefficient (Wildman–Crippen LogP) is 4.52. The van der Waals surface area contributed by atoms with Crippen LogP contribution in [0, 0.1) is 0 Å².